The Kier molecular flexibility index (Phi) is 9.08. The van der Waals surface area contributed by atoms with Gasteiger partial charge in [0, 0.05) is 84.7 Å². The maximum Gasteiger partial charge on any atom is 0.253 e. The Labute approximate surface area is 272 Å². The molecule has 2 amide bonds. The first kappa shape index (κ1) is 30.9. The molecule has 2 N–H and O–H groups in total. The number of hydrogen-bond donors (Lipinski definition) is 2. The summed E-state index contributed by atoms with van der Waals surface area (Å²) in [4.78, 5) is 44.1. The number of rotatable bonds is 5. The van der Waals surface area contributed by atoms with Gasteiger partial charge in [0.15, 0.2) is 0 Å². The minimum absolute atomic E-state index is 0.00949. The number of halogens is 1. The molecule has 0 saturated heterocycles. The van der Waals surface area contributed by atoms with Crippen LogP contribution in [0, 0.1) is 6.92 Å². The second kappa shape index (κ2) is 13.5. The molecule has 0 unspecified atom stereocenters. The summed E-state index contributed by atoms with van der Waals surface area (Å²) in [6.07, 6.45) is 9.26. The van der Waals surface area contributed by atoms with Crippen molar-refractivity contribution in [2.24, 2.45) is 7.05 Å². The van der Waals surface area contributed by atoms with Crippen LogP contribution < -0.4 is 16.2 Å². The molecule has 0 radical (unpaired) electrons. The van der Waals surface area contributed by atoms with Crippen molar-refractivity contribution >= 4 is 34.8 Å². The van der Waals surface area contributed by atoms with E-state index in [1.807, 2.05) is 67.7 Å². The van der Waals surface area contributed by atoms with Crippen LogP contribution in [0.1, 0.15) is 52.0 Å². The molecule has 0 spiro atoms. The van der Waals surface area contributed by atoms with Crippen LogP contribution in [0.4, 0.5) is 11.4 Å². The predicted octanol–water partition coefficient (Wildman–Crippen LogP) is 6.44. The molecule has 0 atom stereocenters. The standard InChI is InChI=1S/C22H21N3O2.C15H13ClN2O/c1-14-9-17(13-25(2)22(14)27)19-11-15-6-7-21(26)24-20(15)12-16(19)10-18-5-3-4-8-23-18;16-13-8-10-4-5-15(19)18-14(10)9-11(13)7-12-3-1-2-6-17-12/h3-5,8-9,11-13H,6-7,10H2,1-2H3,(H,24,26);1-3,6,8-9H,4-5,7H2,(H,18,19). The van der Waals surface area contributed by atoms with Gasteiger partial charge in [-0.1, -0.05) is 23.7 Å². The monoisotopic (exact) mass is 631 g/mol. The summed E-state index contributed by atoms with van der Waals surface area (Å²) in [6.45, 7) is 1.84. The van der Waals surface area contributed by atoms with E-state index in [-0.39, 0.29) is 17.4 Å². The molecule has 5 aromatic rings. The minimum atomic E-state index is 0.00949. The van der Waals surface area contributed by atoms with Gasteiger partial charge in [0.2, 0.25) is 11.8 Å². The van der Waals surface area contributed by atoms with Gasteiger partial charge in [-0.2, -0.15) is 0 Å². The summed E-state index contributed by atoms with van der Waals surface area (Å²) in [5, 5.41) is 6.61. The Balaban J connectivity index is 0.000000172. The van der Waals surface area contributed by atoms with Crippen molar-refractivity contribution in [3.8, 4) is 11.1 Å². The van der Waals surface area contributed by atoms with Gasteiger partial charge in [-0.15, -0.1) is 0 Å². The van der Waals surface area contributed by atoms with Gasteiger partial charge in [-0.25, -0.2) is 0 Å². The van der Waals surface area contributed by atoms with Gasteiger partial charge in [0.05, 0.1) is 0 Å². The van der Waals surface area contributed by atoms with E-state index in [0.717, 1.165) is 74.0 Å². The second-order valence-electron chi connectivity index (χ2n) is 11.7. The van der Waals surface area contributed by atoms with E-state index in [1.165, 1.54) is 0 Å². The Morgan fingerprint density at radius 2 is 1.30 bits per heavy atom. The van der Waals surface area contributed by atoms with Crippen molar-refractivity contribution < 1.29 is 9.59 Å². The maximum atomic E-state index is 12.1. The van der Waals surface area contributed by atoms with Crippen LogP contribution in [0.3, 0.4) is 0 Å². The third-order valence-electron chi connectivity index (χ3n) is 8.26. The fraction of sp³-hybridized carbons (Fsp3) is 0.216. The lowest BCUT2D eigenvalue weighted by Crippen LogP contribution is -2.20. The molecular weight excluding hydrogens is 598 g/mol. The third-order valence-corrected chi connectivity index (χ3v) is 8.61. The fourth-order valence-electron chi connectivity index (χ4n) is 5.89. The number of anilines is 2. The third kappa shape index (κ3) is 7.08. The summed E-state index contributed by atoms with van der Waals surface area (Å²) >= 11 is 6.31. The van der Waals surface area contributed by atoms with E-state index in [4.69, 9.17) is 11.6 Å². The van der Waals surface area contributed by atoms with Crippen LogP contribution in [0.2, 0.25) is 5.02 Å². The van der Waals surface area contributed by atoms with Crippen molar-refractivity contribution in [2.45, 2.75) is 45.4 Å². The van der Waals surface area contributed by atoms with E-state index < -0.39 is 0 Å². The first-order chi connectivity index (χ1) is 22.2. The van der Waals surface area contributed by atoms with Crippen molar-refractivity contribution in [3.05, 3.63) is 140 Å². The number of benzene rings is 2. The number of carbonyl (C=O) groups excluding carboxylic acids is 2. The fourth-order valence-corrected chi connectivity index (χ4v) is 6.14. The first-order valence-corrected chi connectivity index (χ1v) is 15.7. The summed E-state index contributed by atoms with van der Waals surface area (Å²) in [7, 11) is 1.77. The predicted molar refractivity (Wildman–Crippen MR) is 181 cm³/mol. The average molecular weight is 632 g/mol. The highest BCUT2D eigenvalue weighted by Crippen LogP contribution is 2.34. The Morgan fingerprint density at radius 1 is 0.739 bits per heavy atom. The van der Waals surface area contributed by atoms with E-state index in [2.05, 4.69) is 32.7 Å². The van der Waals surface area contributed by atoms with Gasteiger partial charge in [-0.05, 0) is 108 Å². The summed E-state index contributed by atoms with van der Waals surface area (Å²) < 4.78 is 1.62. The molecule has 2 aliphatic rings. The van der Waals surface area contributed by atoms with Crippen molar-refractivity contribution in [2.75, 3.05) is 10.6 Å². The molecule has 46 heavy (non-hydrogen) atoms. The van der Waals surface area contributed by atoms with E-state index in [1.54, 1.807) is 24.0 Å². The van der Waals surface area contributed by atoms with Crippen molar-refractivity contribution in [3.63, 3.8) is 0 Å². The summed E-state index contributed by atoms with van der Waals surface area (Å²) in [6, 6.07) is 21.7. The Hall–Kier alpha value is -5.08. The van der Waals surface area contributed by atoms with Crippen molar-refractivity contribution in [1.29, 1.82) is 0 Å². The number of hydrogen-bond acceptors (Lipinski definition) is 5. The quantitative estimate of drug-likeness (QED) is 0.232. The van der Waals surface area contributed by atoms with Gasteiger partial charge < -0.3 is 15.2 Å². The normalized spacial score (nSPS) is 13.5. The molecule has 0 bridgehead atoms. The van der Waals surface area contributed by atoms with Gasteiger partial charge in [0.1, 0.15) is 0 Å². The van der Waals surface area contributed by atoms with Crippen LogP contribution in [0.25, 0.3) is 11.1 Å². The SMILES string of the molecule is Cc1cc(-c2cc3c(cc2Cc2ccccn2)NC(=O)CC3)cn(C)c1=O.O=C1CCc2cc(Cl)c(Cc3ccccn3)cc2N1. The number of aromatic nitrogens is 3. The highest BCUT2D eigenvalue weighted by molar-refractivity contribution is 6.31. The van der Waals surface area contributed by atoms with Crippen LogP contribution in [-0.4, -0.2) is 26.3 Å². The summed E-state index contributed by atoms with van der Waals surface area (Å²) in [5.41, 5.74) is 10.8. The molecule has 5 heterocycles. The van der Waals surface area contributed by atoms with E-state index in [9.17, 15) is 14.4 Å². The molecule has 2 aromatic carbocycles. The molecule has 232 valence electrons. The topological polar surface area (TPSA) is 106 Å². The van der Waals surface area contributed by atoms with Crippen LogP contribution in [0.5, 0.6) is 0 Å². The zero-order valence-corrected chi connectivity index (χ0v) is 26.5. The number of fused-ring (bicyclic) bond motifs is 2. The molecule has 9 heteroatoms. The van der Waals surface area contributed by atoms with Gasteiger partial charge in [-0.3, -0.25) is 24.4 Å². The molecule has 8 nitrogen and oxygen atoms in total. The van der Waals surface area contributed by atoms with Crippen LogP contribution >= 0.6 is 11.6 Å². The number of aryl methyl sites for hydroxylation is 4. The molecule has 2 aliphatic heterocycles. The van der Waals surface area contributed by atoms with E-state index in [0.29, 0.717) is 31.2 Å². The second-order valence-corrected chi connectivity index (χ2v) is 12.1. The molecule has 7 rings (SSSR count). The van der Waals surface area contributed by atoms with Crippen LogP contribution in [-0.2, 0) is 42.3 Å². The number of amides is 2. The van der Waals surface area contributed by atoms with Crippen LogP contribution in [0.15, 0.2) is 90.1 Å². The smallest absolute Gasteiger partial charge is 0.253 e. The zero-order chi connectivity index (χ0) is 32.2. The number of nitrogens with zero attached hydrogens (tertiary/aromatic N) is 3. The largest absolute Gasteiger partial charge is 0.326 e. The lowest BCUT2D eigenvalue weighted by Gasteiger charge is -2.21. The van der Waals surface area contributed by atoms with Gasteiger partial charge >= 0.3 is 0 Å². The molecule has 0 fully saturated rings. The number of carbonyl (C=O) groups is 2. The lowest BCUT2D eigenvalue weighted by atomic mass is 9.91. The minimum Gasteiger partial charge on any atom is -0.326 e. The summed E-state index contributed by atoms with van der Waals surface area (Å²) in [5.74, 6) is 0.121. The molecule has 0 saturated carbocycles. The number of pyridine rings is 3. The maximum absolute atomic E-state index is 12.1. The number of nitrogens with one attached hydrogen (secondary N) is 2. The first-order valence-electron chi connectivity index (χ1n) is 15.3. The highest BCUT2D eigenvalue weighted by Gasteiger charge is 2.20. The average Bonchev–Trinajstić information content (AvgIpc) is 3.05. The Bertz CT molecular complexity index is 1960. The zero-order valence-electron chi connectivity index (χ0n) is 25.8. The van der Waals surface area contributed by atoms with E-state index >= 15 is 0 Å². The van der Waals surface area contributed by atoms with Crippen molar-refractivity contribution in [1.82, 2.24) is 14.5 Å². The highest BCUT2D eigenvalue weighted by atomic mass is 35.5. The lowest BCUT2D eigenvalue weighted by molar-refractivity contribution is -0.117. The molecule has 0 aliphatic carbocycles. The molecule has 3 aromatic heterocycles. The Morgan fingerprint density at radius 3 is 1.87 bits per heavy atom. The van der Waals surface area contributed by atoms with Gasteiger partial charge in [0.25, 0.3) is 5.56 Å². The molecular formula is C37H34ClN5O3.